The molecule has 0 bridgehead atoms. The highest BCUT2D eigenvalue weighted by Crippen LogP contribution is 2.46. The van der Waals surface area contributed by atoms with Gasteiger partial charge in [0, 0.05) is 45.2 Å². The molecule has 2 heterocycles. The minimum absolute atomic E-state index is 0.0198. The average molecular weight is 454 g/mol. The Morgan fingerprint density at radius 3 is 2.58 bits per heavy atom. The van der Waals surface area contributed by atoms with Crippen LogP contribution in [0.5, 0.6) is 17.2 Å². The maximum atomic E-state index is 13.2. The Kier molecular flexibility index (Phi) is 7.13. The van der Waals surface area contributed by atoms with E-state index in [2.05, 4.69) is 18.2 Å². The summed E-state index contributed by atoms with van der Waals surface area (Å²) >= 11 is 0. The van der Waals surface area contributed by atoms with Gasteiger partial charge < -0.3 is 23.8 Å². The Morgan fingerprint density at radius 2 is 1.88 bits per heavy atom. The molecule has 1 fully saturated rings. The molecule has 1 unspecified atom stereocenters. The molecule has 4 rings (SSSR count). The van der Waals surface area contributed by atoms with Crippen LogP contribution in [-0.2, 0) is 4.74 Å². The molecule has 0 N–H and O–H groups in total. The number of para-hydroxylation sites is 1. The summed E-state index contributed by atoms with van der Waals surface area (Å²) in [5, 5.41) is 0. The highest BCUT2D eigenvalue weighted by molar-refractivity contribution is 5.95. The number of rotatable bonds is 7. The zero-order chi connectivity index (χ0) is 23.4. The summed E-state index contributed by atoms with van der Waals surface area (Å²) in [6, 6.07) is 13.8. The first-order valence-electron chi connectivity index (χ1n) is 11.9. The van der Waals surface area contributed by atoms with Crippen molar-refractivity contribution in [3.63, 3.8) is 0 Å². The number of likely N-dealkylation sites (tertiary alicyclic amines) is 1. The van der Waals surface area contributed by atoms with E-state index in [0.717, 1.165) is 38.0 Å². The van der Waals surface area contributed by atoms with Crippen LogP contribution in [0.25, 0.3) is 0 Å². The maximum absolute atomic E-state index is 13.2. The monoisotopic (exact) mass is 453 g/mol. The van der Waals surface area contributed by atoms with E-state index in [9.17, 15) is 4.79 Å². The summed E-state index contributed by atoms with van der Waals surface area (Å²) in [5.41, 5.74) is 1.66. The number of piperidine rings is 1. The molecule has 6 heteroatoms. The Hall–Kier alpha value is -2.73. The van der Waals surface area contributed by atoms with Crippen molar-refractivity contribution in [1.82, 2.24) is 4.90 Å². The molecule has 0 radical (unpaired) electrons. The summed E-state index contributed by atoms with van der Waals surface area (Å²) in [6.07, 6.45) is 3.62. The number of benzene rings is 2. The zero-order valence-corrected chi connectivity index (χ0v) is 20.1. The lowest BCUT2D eigenvalue weighted by atomic mass is 9.76. The van der Waals surface area contributed by atoms with Gasteiger partial charge >= 0.3 is 0 Å². The highest BCUT2D eigenvalue weighted by atomic mass is 16.5. The lowest BCUT2D eigenvalue weighted by Gasteiger charge is -2.47. The third kappa shape index (κ3) is 5.11. The van der Waals surface area contributed by atoms with Crippen LogP contribution in [0, 0.1) is 0 Å². The van der Waals surface area contributed by atoms with E-state index in [-0.39, 0.29) is 17.6 Å². The normalized spacial score (nSPS) is 19.2. The molecule has 33 heavy (non-hydrogen) atoms. The van der Waals surface area contributed by atoms with E-state index >= 15 is 0 Å². The van der Waals surface area contributed by atoms with Crippen LogP contribution in [0.3, 0.4) is 0 Å². The number of ether oxygens (including phenoxy) is 4. The van der Waals surface area contributed by atoms with Crippen LogP contribution >= 0.6 is 0 Å². The van der Waals surface area contributed by atoms with Crippen LogP contribution in [0.15, 0.2) is 42.5 Å². The third-order valence-corrected chi connectivity index (χ3v) is 6.71. The van der Waals surface area contributed by atoms with Crippen molar-refractivity contribution in [2.75, 3.05) is 33.9 Å². The second-order valence-corrected chi connectivity index (χ2v) is 9.33. The van der Waals surface area contributed by atoms with Crippen molar-refractivity contribution in [3.05, 3.63) is 53.6 Å². The number of hydrogen-bond donors (Lipinski definition) is 0. The number of amides is 1. The van der Waals surface area contributed by atoms with E-state index in [1.165, 1.54) is 5.56 Å². The molecule has 0 aromatic heterocycles. The van der Waals surface area contributed by atoms with E-state index < -0.39 is 0 Å². The van der Waals surface area contributed by atoms with Crippen molar-refractivity contribution in [2.24, 2.45) is 0 Å². The van der Waals surface area contributed by atoms with Gasteiger partial charge in [-0.25, -0.2) is 0 Å². The van der Waals surface area contributed by atoms with Gasteiger partial charge in [-0.05, 0) is 62.4 Å². The Labute approximate surface area is 196 Å². The molecular formula is C27H35NO5. The maximum Gasteiger partial charge on any atom is 0.253 e. The molecule has 2 aliphatic rings. The van der Waals surface area contributed by atoms with Gasteiger partial charge in [0.05, 0.1) is 13.2 Å². The molecule has 2 aromatic rings. The van der Waals surface area contributed by atoms with Crippen LogP contribution in [0.1, 0.15) is 61.4 Å². The van der Waals surface area contributed by atoms with Gasteiger partial charge in [-0.1, -0.05) is 18.2 Å². The Balaban J connectivity index is 1.46. The summed E-state index contributed by atoms with van der Waals surface area (Å²) in [6.45, 7) is 6.01. The first-order valence-corrected chi connectivity index (χ1v) is 11.9. The van der Waals surface area contributed by atoms with Gasteiger partial charge in [-0.15, -0.1) is 0 Å². The molecule has 0 saturated carbocycles. The fraction of sp³-hybridized carbons (Fsp3) is 0.519. The van der Waals surface area contributed by atoms with E-state index in [1.54, 1.807) is 20.3 Å². The molecule has 0 aliphatic carbocycles. The average Bonchev–Trinajstić information content (AvgIpc) is 2.82. The lowest BCUT2D eigenvalue weighted by molar-refractivity contribution is -0.0203. The van der Waals surface area contributed by atoms with Crippen molar-refractivity contribution in [3.8, 4) is 17.2 Å². The second kappa shape index (κ2) is 10.0. The third-order valence-electron chi connectivity index (χ3n) is 6.71. The molecule has 1 saturated heterocycles. The second-order valence-electron chi connectivity index (χ2n) is 9.33. The topological polar surface area (TPSA) is 57.2 Å². The van der Waals surface area contributed by atoms with Crippen molar-refractivity contribution >= 4 is 5.91 Å². The molecule has 6 nitrogen and oxygen atoms in total. The number of methoxy groups -OCH3 is 2. The number of carbonyl (C=O) groups excluding carboxylic acids is 1. The van der Waals surface area contributed by atoms with Crippen LogP contribution in [-0.4, -0.2) is 56.4 Å². The van der Waals surface area contributed by atoms with Gasteiger partial charge in [0.1, 0.15) is 11.4 Å². The molecule has 2 aromatic carbocycles. The van der Waals surface area contributed by atoms with Crippen LogP contribution < -0.4 is 14.2 Å². The molecular weight excluding hydrogens is 418 g/mol. The lowest BCUT2D eigenvalue weighted by Crippen LogP contribution is -2.51. The van der Waals surface area contributed by atoms with E-state index in [0.29, 0.717) is 36.1 Å². The van der Waals surface area contributed by atoms with Gasteiger partial charge in [-0.3, -0.25) is 4.79 Å². The summed E-state index contributed by atoms with van der Waals surface area (Å²) in [5.74, 6) is 2.64. The molecule has 1 spiro atoms. The largest absolute Gasteiger partial charge is 0.493 e. The SMILES string of the molecule is COCCC1CC2(CCN(C(=O)c3ccc(OC(C)C)c(OC)c3)CC2)Oc2ccccc21. The minimum Gasteiger partial charge on any atom is -0.493 e. The van der Waals surface area contributed by atoms with Gasteiger partial charge in [0.2, 0.25) is 0 Å². The first-order chi connectivity index (χ1) is 15.9. The molecule has 2 aliphatic heterocycles. The van der Waals surface area contributed by atoms with E-state index in [4.69, 9.17) is 18.9 Å². The number of fused-ring (bicyclic) bond motifs is 1. The Morgan fingerprint density at radius 1 is 1.12 bits per heavy atom. The Bertz CT molecular complexity index is 965. The summed E-state index contributed by atoms with van der Waals surface area (Å²) in [7, 11) is 3.35. The zero-order valence-electron chi connectivity index (χ0n) is 20.1. The van der Waals surface area contributed by atoms with Crippen molar-refractivity contribution in [1.29, 1.82) is 0 Å². The van der Waals surface area contributed by atoms with Crippen molar-refractivity contribution in [2.45, 2.75) is 57.2 Å². The smallest absolute Gasteiger partial charge is 0.253 e. The molecule has 178 valence electrons. The predicted molar refractivity (Wildman–Crippen MR) is 128 cm³/mol. The molecule has 1 amide bonds. The first kappa shape index (κ1) is 23.4. The number of nitrogens with zero attached hydrogens (tertiary/aromatic N) is 1. The van der Waals surface area contributed by atoms with Gasteiger partial charge in [0.15, 0.2) is 11.5 Å². The predicted octanol–water partition coefficient (Wildman–Crippen LogP) is 5.06. The van der Waals surface area contributed by atoms with E-state index in [1.807, 2.05) is 36.9 Å². The quantitative estimate of drug-likeness (QED) is 0.587. The fourth-order valence-electron chi connectivity index (χ4n) is 5.02. The highest BCUT2D eigenvalue weighted by Gasteiger charge is 2.43. The van der Waals surface area contributed by atoms with Crippen molar-refractivity contribution < 1.29 is 23.7 Å². The standard InChI is InChI=1S/C27H35NO5/c1-19(2)32-24-10-9-20(17-25(24)31-4)26(29)28-14-12-27(13-15-28)18-21(11-16-30-3)22-7-5-6-8-23(22)33-27/h5-10,17,19,21H,11-16,18H2,1-4H3. The number of hydrogen-bond acceptors (Lipinski definition) is 5. The number of carbonyl (C=O) groups is 1. The van der Waals surface area contributed by atoms with Crippen LogP contribution in [0.2, 0.25) is 0 Å². The fourth-order valence-corrected chi connectivity index (χ4v) is 5.02. The van der Waals surface area contributed by atoms with Gasteiger partial charge in [-0.2, -0.15) is 0 Å². The molecule has 1 atom stereocenters. The summed E-state index contributed by atoms with van der Waals surface area (Å²) in [4.78, 5) is 15.2. The minimum atomic E-state index is -0.226. The van der Waals surface area contributed by atoms with Gasteiger partial charge in [0.25, 0.3) is 5.91 Å². The van der Waals surface area contributed by atoms with Crippen LogP contribution in [0.4, 0.5) is 0 Å². The summed E-state index contributed by atoms with van der Waals surface area (Å²) < 4.78 is 23.2.